The Morgan fingerprint density at radius 2 is 1.80 bits per heavy atom. The van der Waals surface area contributed by atoms with Gasteiger partial charge in [0.1, 0.15) is 23.1 Å². The van der Waals surface area contributed by atoms with E-state index in [0.29, 0.717) is 47.6 Å². The number of halogens is 4. The summed E-state index contributed by atoms with van der Waals surface area (Å²) in [6.45, 7) is 4.80. The van der Waals surface area contributed by atoms with E-state index >= 15 is 0 Å². The zero-order valence-electron chi connectivity index (χ0n) is 22.6. The maximum absolute atomic E-state index is 13.8. The smallest absolute Gasteiger partial charge is 0.349 e. The third-order valence-electron chi connectivity index (χ3n) is 7.59. The van der Waals surface area contributed by atoms with Gasteiger partial charge in [-0.1, -0.05) is 19.1 Å². The maximum atomic E-state index is 13.8. The van der Waals surface area contributed by atoms with Crippen LogP contribution in [-0.2, 0) is 13.2 Å². The molecule has 1 fully saturated rings. The average Bonchev–Trinajstić information content (AvgIpc) is 2.96. The molecule has 0 spiro atoms. The molecule has 3 aromatic heterocycles. The van der Waals surface area contributed by atoms with Crippen LogP contribution in [-0.4, -0.2) is 49.6 Å². The van der Waals surface area contributed by atoms with Gasteiger partial charge in [-0.05, 0) is 55.3 Å². The van der Waals surface area contributed by atoms with Crippen LogP contribution in [0, 0.1) is 17.1 Å². The van der Waals surface area contributed by atoms with Crippen molar-refractivity contribution in [3.63, 3.8) is 0 Å². The number of anilines is 1. The van der Waals surface area contributed by atoms with Gasteiger partial charge in [0.2, 0.25) is 0 Å². The van der Waals surface area contributed by atoms with E-state index in [4.69, 9.17) is 0 Å². The number of rotatable bonds is 5. The summed E-state index contributed by atoms with van der Waals surface area (Å²) in [5, 5.41) is 9.43. The summed E-state index contributed by atoms with van der Waals surface area (Å²) in [4.78, 5) is 29.9. The zero-order chi connectivity index (χ0) is 29.5. The zero-order valence-corrected chi connectivity index (χ0v) is 22.6. The largest absolute Gasteiger partial charge is 0.417 e. The van der Waals surface area contributed by atoms with Gasteiger partial charge < -0.3 is 4.90 Å². The van der Waals surface area contributed by atoms with Crippen LogP contribution in [0.2, 0.25) is 0 Å². The fraction of sp³-hybridized carbons (Fsp3) is 0.345. The molecule has 0 amide bonds. The van der Waals surface area contributed by atoms with Crippen LogP contribution in [0.25, 0.3) is 11.0 Å². The number of aryl methyl sites for hydroxylation is 1. The highest BCUT2D eigenvalue weighted by Gasteiger charge is 2.39. The van der Waals surface area contributed by atoms with Gasteiger partial charge in [-0.25, -0.2) is 14.2 Å². The van der Waals surface area contributed by atoms with Gasteiger partial charge in [0.25, 0.3) is 0 Å². The summed E-state index contributed by atoms with van der Waals surface area (Å²) < 4.78 is 55.1. The molecule has 4 heterocycles. The highest BCUT2D eigenvalue weighted by molar-refractivity contribution is 5.86. The van der Waals surface area contributed by atoms with Crippen molar-refractivity contribution in [3.8, 4) is 6.07 Å². The summed E-state index contributed by atoms with van der Waals surface area (Å²) in [5.74, 6) is -0.0530. The van der Waals surface area contributed by atoms with E-state index in [-0.39, 0.29) is 17.8 Å². The third-order valence-corrected chi connectivity index (χ3v) is 7.59. The number of pyridine rings is 2. The van der Waals surface area contributed by atoms with Crippen molar-refractivity contribution < 1.29 is 17.6 Å². The number of fused-ring (bicyclic) bond motifs is 1. The number of nitriles is 1. The molecule has 41 heavy (non-hydrogen) atoms. The predicted molar refractivity (Wildman–Crippen MR) is 145 cm³/mol. The first kappa shape index (κ1) is 28.2. The SMILES string of the molecule is CC[C@H]1CN(c2nc(=O)n(C)c3ccc(C#N)nc23)[C@@H](C)CN1C(c1ccc(F)cc1)c1ccc(C(F)(F)F)cn1. The minimum atomic E-state index is -4.52. The van der Waals surface area contributed by atoms with Crippen LogP contribution in [0.15, 0.2) is 59.5 Å². The van der Waals surface area contributed by atoms with Crippen molar-refractivity contribution in [2.24, 2.45) is 7.05 Å². The predicted octanol–water partition coefficient (Wildman–Crippen LogP) is 4.83. The summed E-state index contributed by atoms with van der Waals surface area (Å²) in [7, 11) is 1.59. The molecule has 4 aromatic rings. The van der Waals surface area contributed by atoms with Crippen LogP contribution in [0.4, 0.5) is 23.4 Å². The first-order chi connectivity index (χ1) is 19.5. The molecular weight excluding hydrogens is 538 g/mol. The van der Waals surface area contributed by atoms with Gasteiger partial charge in [-0.3, -0.25) is 14.5 Å². The van der Waals surface area contributed by atoms with Gasteiger partial charge in [0, 0.05) is 38.4 Å². The van der Waals surface area contributed by atoms with E-state index < -0.39 is 29.3 Å². The molecule has 0 aliphatic carbocycles. The lowest BCUT2D eigenvalue weighted by atomic mass is 9.95. The first-order valence-electron chi connectivity index (χ1n) is 13.1. The molecule has 212 valence electrons. The fourth-order valence-electron chi connectivity index (χ4n) is 5.42. The topological polar surface area (TPSA) is 90.9 Å². The number of aromatic nitrogens is 4. The highest BCUT2D eigenvalue weighted by Crippen LogP contribution is 2.37. The van der Waals surface area contributed by atoms with Crippen LogP contribution < -0.4 is 10.6 Å². The number of piperazine rings is 1. The Balaban J connectivity index is 1.57. The van der Waals surface area contributed by atoms with Crippen LogP contribution in [0.3, 0.4) is 0 Å². The lowest BCUT2D eigenvalue weighted by Crippen LogP contribution is -2.59. The molecule has 3 atom stereocenters. The van der Waals surface area contributed by atoms with Gasteiger partial charge in [0.05, 0.1) is 22.8 Å². The van der Waals surface area contributed by atoms with Crippen LogP contribution in [0.5, 0.6) is 0 Å². The Labute approximate surface area is 233 Å². The second-order valence-corrected chi connectivity index (χ2v) is 10.1. The standard InChI is InChI=1S/C29H27F4N7O/c1-4-22-16-39(27-25-24(38(3)28(41)37-27)12-10-21(13-34)36-25)17(2)15-40(22)26(18-5-8-20(30)9-6-18)23-11-7-19(14-35-23)29(31,32)33/h5-12,14,17,22,26H,4,15-16H2,1-3H3/t17-,22-,26?/m0/s1. The Morgan fingerprint density at radius 1 is 1.07 bits per heavy atom. The van der Waals surface area contributed by atoms with Gasteiger partial charge in [-0.2, -0.15) is 23.4 Å². The van der Waals surface area contributed by atoms with Gasteiger partial charge in [-0.15, -0.1) is 0 Å². The van der Waals surface area contributed by atoms with E-state index in [1.165, 1.54) is 22.8 Å². The van der Waals surface area contributed by atoms with E-state index in [0.717, 1.165) is 12.3 Å². The number of nitrogens with zero attached hydrogens (tertiary/aromatic N) is 7. The quantitative estimate of drug-likeness (QED) is 0.320. The number of alkyl halides is 3. The van der Waals surface area contributed by atoms with Crippen molar-refractivity contribution in [1.29, 1.82) is 5.26 Å². The first-order valence-corrected chi connectivity index (χ1v) is 13.1. The van der Waals surface area contributed by atoms with Crippen molar-refractivity contribution in [3.05, 3.63) is 93.5 Å². The Bertz CT molecular complexity index is 1660. The Kier molecular flexibility index (Phi) is 7.48. The van der Waals surface area contributed by atoms with E-state index in [2.05, 4.69) is 19.9 Å². The van der Waals surface area contributed by atoms with E-state index in [9.17, 15) is 27.6 Å². The second kappa shape index (κ2) is 10.9. The molecule has 1 unspecified atom stereocenters. The molecule has 0 saturated carbocycles. The third kappa shape index (κ3) is 5.37. The lowest BCUT2D eigenvalue weighted by Gasteiger charge is -2.48. The molecule has 5 rings (SSSR count). The maximum Gasteiger partial charge on any atom is 0.417 e. The van der Waals surface area contributed by atoms with Crippen molar-refractivity contribution in [2.45, 2.75) is 44.6 Å². The monoisotopic (exact) mass is 565 g/mol. The molecule has 12 heteroatoms. The fourth-order valence-corrected chi connectivity index (χ4v) is 5.42. The van der Waals surface area contributed by atoms with E-state index in [1.807, 2.05) is 24.8 Å². The summed E-state index contributed by atoms with van der Waals surface area (Å²) in [5.41, 5.74) is 0.955. The molecule has 1 aliphatic rings. The number of benzene rings is 1. The minimum absolute atomic E-state index is 0.148. The number of hydrogen-bond acceptors (Lipinski definition) is 7. The molecule has 1 aliphatic heterocycles. The lowest BCUT2D eigenvalue weighted by molar-refractivity contribution is -0.137. The average molecular weight is 566 g/mol. The van der Waals surface area contributed by atoms with Crippen LogP contribution >= 0.6 is 0 Å². The molecule has 8 nitrogen and oxygen atoms in total. The van der Waals surface area contributed by atoms with Crippen molar-refractivity contribution >= 4 is 16.9 Å². The molecule has 0 radical (unpaired) electrons. The van der Waals surface area contributed by atoms with Gasteiger partial charge >= 0.3 is 11.9 Å². The molecule has 1 saturated heterocycles. The molecular formula is C29H27F4N7O. The molecule has 1 aromatic carbocycles. The van der Waals surface area contributed by atoms with Crippen LogP contribution in [0.1, 0.15) is 48.8 Å². The Hall–Kier alpha value is -4.37. The summed E-state index contributed by atoms with van der Waals surface area (Å²) >= 11 is 0. The Morgan fingerprint density at radius 3 is 2.41 bits per heavy atom. The molecule has 0 bridgehead atoms. The summed E-state index contributed by atoms with van der Waals surface area (Å²) in [6.07, 6.45) is -3.05. The molecule has 0 N–H and O–H groups in total. The second-order valence-electron chi connectivity index (χ2n) is 10.1. The highest BCUT2D eigenvalue weighted by atomic mass is 19.4. The van der Waals surface area contributed by atoms with E-state index in [1.54, 1.807) is 31.3 Å². The van der Waals surface area contributed by atoms with Gasteiger partial charge in [0.15, 0.2) is 5.82 Å². The normalized spacial score (nSPS) is 18.8. The minimum Gasteiger partial charge on any atom is -0.349 e. The summed E-state index contributed by atoms with van der Waals surface area (Å²) in [6, 6.07) is 12.6. The number of hydrogen-bond donors (Lipinski definition) is 0. The van der Waals surface area contributed by atoms with Crippen molar-refractivity contribution in [2.75, 3.05) is 18.0 Å². The van der Waals surface area contributed by atoms with Crippen molar-refractivity contribution in [1.82, 2.24) is 24.4 Å².